The van der Waals surface area contributed by atoms with Gasteiger partial charge in [-0.1, -0.05) is 31.4 Å². The van der Waals surface area contributed by atoms with E-state index in [1.165, 1.54) is 25.3 Å². The Bertz CT molecular complexity index is 606. The topological polar surface area (TPSA) is 38.3 Å². The van der Waals surface area contributed by atoms with Crippen molar-refractivity contribution in [3.63, 3.8) is 0 Å². The molecule has 0 radical (unpaired) electrons. The van der Waals surface area contributed by atoms with Crippen LogP contribution in [0.25, 0.3) is 0 Å². The van der Waals surface area contributed by atoms with Gasteiger partial charge in [-0.05, 0) is 55.7 Å². The molecular weight excluding hydrogens is 305 g/mol. The summed E-state index contributed by atoms with van der Waals surface area (Å²) in [5.41, 5.74) is 0.964. The van der Waals surface area contributed by atoms with Gasteiger partial charge in [-0.15, -0.1) is 0 Å². The average Bonchev–Trinajstić information content (AvgIpc) is 3.36. The standard InChI is InChI=1S/C20H26FNO2/c21-15-6-4-5-14(11-15)17-12-18(17)19(23)22-16-7-10-24-20(13-16)8-2-1-3-9-20/h4-6,11,16-18H,1-3,7-10,12-13H2,(H,22,23)/t16-,17+,18-/m1/s1. The highest BCUT2D eigenvalue weighted by Gasteiger charge is 2.46. The molecule has 2 aliphatic carbocycles. The number of nitrogens with one attached hydrogen (secondary N) is 1. The van der Waals surface area contributed by atoms with Crippen molar-refractivity contribution in [2.45, 2.75) is 68.9 Å². The summed E-state index contributed by atoms with van der Waals surface area (Å²) >= 11 is 0. The summed E-state index contributed by atoms with van der Waals surface area (Å²) in [6, 6.07) is 6.89. The van der Waals surface area contributed by atoms with Crippen molar-refractivity contribution in [3.8, 4) is 0 Å². The van der Waals surface area contributed by atoms with E-state index in [0.29, 0.717) is 0 Å². The Hall–Kier alpha value is -1.42. The highest BCUT2D eigenvalue weighted by molar-refractivity contribution is 5.83. The molecule has 1 saturated heterocycles. The minimum absolute atomic E-state index is 0.0111. The number of carbonyl (C=O) groups is 1. The molecule has 1 heterocycles. The number of benzene rings is 1. The molecule has 0 unspecified atom stereocenters. The van der Waals surface area contributed by atoms with Crippen LogP contribution >= 0.6 is 0 Å². The Labute approximate surface area is 143 Å². The normalized spacial score (nSPS) is 31.6. The Morgan fingerprint density at radius 2 is 2.08 bits per heavy atom. The van der Waals surface area contributed by atoms with Gasteiger partial charge in [-0.25, -0.2) is 4.39 Å². The van der Waals surface area contributed by atoms with Gasteiger partial charge >= 0.3 is 0 Å². The number of hydrogen-bond acceptors (Lipinski definition) is 2. The minimum atomic E-state index is -0.220. The molecule has 3 fully saturated rings. The van der Waals surface area contributed by atoms with Crippen LogP contribution in [0.15, 0.2) is 24.3 Å². The van der Waals surface area contributed by atoms with Crippen molar-refractivity contribution in [2.75, 3.05) is 6.61 Å². The second kappa shape index (κ2) is 6.47. The largest absolute Gasteiger partial charge is 0.375 e. The van der Waals surface area contributed by atoms with E-state index >= 15 is 0 Å². The third kappa shape index (κ3) is 3.34. The Morgan fingerprint density at radius 3 is 2.88 bits per heavy atom. The predicted octanol–water partition coefficient (Wildman–Crippen LogP) is 3.93. The molecule has 3 atom stereocenters. The lowest BCUT2D eigenvalue weighted by Gasteiger charge is -2.43. The van der Waals surface area contributed by atoms with E-state index in [1.54, 1.807) is 12.1 Å². The van der Waals surface area contributed by atoms with Gasteiger partial charge in [0.2, 0.25) is 5.91 Å². The van der Waals surface area contributed by atoms with Crippen LogP contribution in [0.3, 0.4) is 0 Å². The molecule has 1 aliphatic heterocycles. The van der Waals surface area contributed by atoms with Crippen LogP contribution in [0.2, 0.25) is 0 Å². The molecule has 1 N–H and O–H groups in total. The van der Waals surface area contributed by atoms with Gasteiger partial charge < -0.3 is 10.1 Å². The third-order valence-corrected chi connectivity index (χ3v) is 6.01. The van der Waals surface area contributed by atoms with Gasteiger partial charge in [0, 0.05) is 18.6 Å². The average molecular weight is 331 g/mol. The molecule has 2 saturated carbocycles. The van der Waals surface area contributed by atoms with Crippen molar-refractivity contribution in [2.24, 2.45) is 5.92 Å². The fourth-order valence-electron chi connectivity index (χ4n) is 4.59. The first-order valence-electron chi connectivity index (χ1n) is 9.35. The number of carbonyl (C=O) groups excluding carboxylic acids is 1. The maximum atomic E-state index is 13.3. The summed E-state index contributed by atoms with van der Waals surface area (Å²) in [6.45, 7) is 0.753. The van der Waals surface area contributed by atoms with Crippen LogP contribution in [-0.4, -0.2) is 24.2 Å². The molecule has 1 aromatic carbocycles. The van der Waals surface area contributed by atoms with E-state index in [0.717, 1.165) is 44.3 Å². The zero-order valence-electron chi connectivity index (χ0n) is 14.1. The molecule has 4 rings (SSSR count). The highest BCUT2D eigenvalue weighted by atomic mass is 19.1. The van der Waals surface area contributed by atoms with Gasteiger partial charge in [0.25, 0.3) is 0 Å². The molecule has 1 aromatic rings. The first kappa shape index (κ1) is 16.1. The van der Waals surface area contributed by atoms with Crippen molar-refractivity contribution in [1.82, 2.24) is 5.32 Å². The molecule has 1 amide bonds. The zero-order valence-corrected chi connectivity index (χ0v) is 14.1. The molecular formula is C20H26FNO2. The van der Waals surface area contributed by atoms with Crippen LogP contribution in [0, 0.1) is 11.7 Å². The van der Waals surface area contributed by atoms with Crippen LogP contribution in [0.4, 0.5) is 4.39 Å². The predicted molar refractivity (Wildman–Crippen MR) is 90.2 cm³/mol. The van der Waals surface area contributed by atoms with E-state index in [4.69, 9.17) is 4.74 Å². The number of halogens is 1. The lowest BCUT2D eigenvalue weighted by molar-refractivity contribution is -0.129. The molecule has 4 heteroatoms. The van der Waals surface area contributed by atoms with Crippen LogP contribution in [-0.2, 0) is 9.53 Å². The smallest absolute Gasteiger partial charge is 0.223 e. The Balaban J connectivity index is 1.33. The van der Waals surface area contributed by atoms with Crippen molar-refractivity contribution >= 4 is 5.91 Å². The fourth-order valence-corrected chi connectivity index (χ4v) is 4.59. The maximum absolute atomic E-state index is 13.3. The number of ether oxygens (including phenoxy) is 1. The number of rotatable bonds is 3. The monoisotopic (exact) mass is 331 g/mol. The van der Waals surface area contributed by atoms with Crippen LogP contribution in [0.5, 0.6) is 0 Å². The molecule has 130 valence electrons. The zero-order chi connectivity index (χ0) is 16.6. The second-order valence-electron chi connectivity index (χ2n) is 7.79. The van der Waals surface area contributed by atoms with E-state index < -0.39 is 0 Å². The number of hydrogen-bond donors (Lipinski definition) is 1. The SMILES string of the molecule is O=C(N[C@@H]1CCOC2(CCCCC2)C1)[C@@H]1C[C@H]1c1cccc(F)c1. The molecule has 3 aliphatic rings. The Morgan fingerprint density at radius 1 is 1.25 bits per heavy atom. The summed E-state index contributed by atoms with van der Waals surface area (Å²) in [4.78, 5) is 12.6. The minimum Gasteiger partial charge on any atom is -0.375 e. The van der Waals surface area contributed by atoms with E-state index in [2.05, 4.69) is 5.32 Å². The van der Waals surface area contributed by atoms with Gasteiger partial charge in [-0.3, -0.25) is 4.79 Å². The summed E-state index contributed by atoms with van der Waals surface area (Å²) in [6.07, 6.45) is 8.75. The molecule has 3 nitrogen and oxygen atoms in total. The summed E-state index contributed by atoms with van der Waals surface area (Å²) in [7, 11) is 0. The van der Waals surface area contributed by atoms with Crippen LogP contribution < -0.4 is 5.32 Å². The molecule has 0 aromatic heterocycles. The summed E-state index contributed by atoms with van der Waals surface area (Å²) in [5.74, 6) is 0.116. The van der Waals surface area contributed by atoms with Gasteiger partial charge in [0.15, 0.2) is 0 Å². The fraction of sp³-hybridized carbons (Fsp3) is 0.650. The summed E-state index contributed by atoms with van der Waals surface area (Å²) < 4.78 is 19.4. The quantitative estimate of drug-likeness (QED) is 0.911. The highest BCUT2D eigenvalue weighted by Crippen LogP contribution is 2.48. The Kier molecular flexibility index (Phi) is 4.33. The van der Waals surface area contributed by atoms with E-state index in [9.17, 15) is 9.18 Å². The van der Waals surface area contributed by atoms with Gasteiger partial charge in [0.1, 0.15) is 5.82 Å². The second-order valence-corrected chi connectivity index (χ2v) is 7.79. The molecule has 24 heavy (non-hydrogen) atoms. The third-order valence-electron chi connectivity index (χ3n) is 6.01. The van der Waals surface area contributed by atoms with Crippen molar-refractivity contribution < 1.29 is 13.9 Å². The van der Waals surface area contributed by atoms with Crippen molar-refractivity contribution in [1.29, 1.82) is 0 Å². The van der Waals surface area contributed by atoms with Gasteiger partial charge in [0.05, 0.1) is 5.60 Å². The number of amides is 1. The first-order valence-corrected chi connectivity index (χ1v) is 9.35. The molecule has 1 spiro atoms. The molecule has 0 bridgehead atoms. The van der Waals surface area contributed by atoms with E-state index in [-0.39, 0.29) is 35.2 Å². The lowest BCUT2D eigenvalue weighted by atomic mass is 9.78. The summed E-state index contributed by atoms with van der Waals surface area (Å²) in [5, 5.41) is 3.25. The van der Waals surface area contributed by atoms with Crippen LogP contribution in [0.1, 0.15) is 62.8 Å². The first-order chi connectivity index (χ1) is 11.7. The van der Waals surface area contributed by atoms with E-state index in [1.807, 2.05) is 6.07 Å². The lowest BCUT2D eigenvalue weighted by Crippen LogP contribution is -2.49. The maximum Gasteiger partial charge on any atom is 0.223 e. The van der Waals surface area contributed by atoms with Crippen molar-refractivity contribution in [3.05, 3.63) is 35.6 Å². The van der Waals surface area contributed by atoms with Gasteiger partial charge in [-0.2, -0.15) is 0 Å².